The van der Waals surface area contributed by atoms with Crippen LogP contribution in [0.2, 0.25) is 0 Å². The number of halogens is 1. The van der Waals surface area contributed by atoms with Gasteiger partial charge in [-0.05, 0) is 19.1 Å². The van der Waals surface area contributed by atoms with E-state index >= 15 is 0 Å². The molecule has 0 radical (unpaired) electrons. The molecule has 0 aliphatic heterocycles. The molecular formula is C10H12FNO2. The maximum Gasteiger partial charge on any atom is 0.221 e. The van der Waals surface area contributed by atoms with Crippen LogP contribution in [0.3, 0.4) is 0 Å². The summed E-state index contributed by atoms with van der Waals surface area (Å²) in [5, 5.41) is 2.37. The Morgan fingerprint density at radius 2 is 2.29 bits per heavy atom. The van der Waals surface area contributed by atoms with Gasteiger partial charge in [0.15, 0.2) is 0 Å². The predicted octanol–water partition coefficient (Wildman–Crippen LogP) is 2.18. The molecule has 0 heterocycles. The van der Waals surface area contributed by atoms with Gasteiger partial charge >= 0.3 is 0 Å². The van der Waals surface area contributed by atoms with Crippen molar-refractivity contribution in [3.63, 3.8) is 0 Å². The van der Waals surface area contributed by atoms with Gasteiger partial charge < -0.3 is 10.1 Å². The highest BCUT2D eigenvalue weighted by Gasteiger charge is 2.04. The summed E-state index contributed by atoms with van der Waals surface area (Å²) in [6.45, 7) is 3.63. The number of benzene rings is 1. The first-order chi connectivity index (χ1) is 6.63. The summed E-state index contributed by atoms with van der Waals surface area (Å²) in [5.41, 5.74) is 0.168. The van der Waals surface area contributed by atoms with Gasteiger partial charge in [0.2, 0.25) is 5.91 Å². The van der Waals surface area contributed by atoms with Gasteiger partial charge in [-0.15, -0.1) is 0 Å². The Morgan fingerprint density at radius 3 is 2.79 bits per heavy atom. The van der Waals surface area contributed by atoms with Crippen molar-refractivity contribution in [2.75, 3.05) is 11.9 Å². The van der Waals surface area contributed by atoms with Crippen LogP contribution >= 0.6 is 0 Å². The second kappa shape index (κ2) is 4.60. The van der Waals surface area contributed by atoms with Crippen LogP contribution < -0.4 is 10.1 Å². The minimum Gasteiger partial charge on any atom is -0.494 e. The molecule has 14 heavy (non-hydrogen) atoms. The summed E-state index contributed by atoms with van der Waals surface area (Å²) in [4.78, 5) is 10.7. The summed E-state index contributed by atoms with van der Waals surface area (Å²) >= 11 is 0. The van der Waals surface area contributed by atoms with Crippen molar-refractivity contribution in [1.82, 2.24) is 0 Å². The van der Waals surface area contributed by atoms with E-state index < -0.39 is 5.82 Å². The molecule has 1 amide bonds. The number of hydrogen-bond acceptors (Lipinski definition) is 2. The highest BCUT2D eigenvalue weighted by atomic mass is 19.1. The fraction of sp³-hybridized carbons (Fsp3) is 0.300. The molecule has 1 rings (SSSR count). The molecule has 3 nitrogen and oxygen atoms in total. The Balaban J connectivity index is 2.84. The number of rotatable bonds is 3. The fourth-order valence-electron chi connectivity index (χ4n) is 1.04. The summed E-state index contributed by atoms with van der Waals surface area (Å²) in [5.74, 6) is -0.335. The molecule has 0 aliphatic rings. The third kappa shape index (κ3) is 2.73. The lowest BCUT2D eigenvalue weighted by Crippen LogP contribution is -2.07. The van der Waals surface area contributed by atoms with E-state index in [0.29, 0.717) is 12.4 Å². The highest BCUT2D eigenvalue weighted by Crippen LogP contribution is 2.20. The van der Waals surface area contributed by atoms with Gasteiger partial charge in [0.25, 0.3) is 0 Å². The Kier molecular flexibility index (Phi) is 3.45. The van der Waals surface area contributed by atoms with Crippen LogP contribution in [-0.4, -0.2) is 12.5 Å². The molecule has 0 bridgehead atoms. The summed E-state index contributed by atoms with van der Waals surface area (Å²) in [6.07, 6.45) is 0. The van der Waals surface area contributed by atoms with Crippen LogP contribution in [0.25, 0.3) is 0 Å². The van der Waals surface area contributed by atoms with Gasteiger partial charge in [0, 0.05) is 13.0 Å². The van der Waals surface area contributed by atoms with Crippen LogP contribution in [0, 0.1) is 5.82 Å². The third-order valence-electron chi connectivity index (χ3n) is 1.56. The minimum atomic E-state index is -0.494. The van der Waals surface area contributed by atoms with Crippen molar-refractivity contribution >= 4 is 11.6 Å². The molecule has 0 spiro atoms. The molecule has 4 heteroatoms. The number of nitrogens with one attached hydrogen (secondary N) is 1. The lowest BCUT2D eigenvalue weighted by Gasteiger charge is -2.06. The molecule has 0 atom stereocenters. The largest absolute Gasteiger partial charge is 0.494 e. The van der Waals surface area contributed by atoms with E-state index in [-0.39, 0.29) is 11.6 Å². The molecule has 1 aromatic rings. The summed E-state index contributed by atoms with van der Waals surface area (Å²) in [6, 6.07) is 4.33. The average molecular weight is 197 g/mol. The predicted molar refractivity (Wildman–Crippen MR) is 51.9 cm³/mol. The van der Waals surface area contributed by atoms with Crippen molar-refractivity contribution in [3.8, 4) is 5.75 Å². The number of hydrogen-bond donors (Lipinski definition) is 1. The normalized spacial score (nSPS) is 9.64. The van der Waals surface area contributed by atoms with Crippen molar-refractivity contribution in [3.05, 3.63) is 24.0 Å². The number of anilines is 1. The molecule has 0 fully saturated rings. The highest BCUT2D eigenvalue weighted by molar-refractivity contribution is 5.88. The summed E-state index contributed by atoms with van der Waals surface area (Å²) < 4.78 is 18.3. The van der Waals surface area contributed by atoms with E-state index in [2.05, 4.69) is 5.32 Å². The topological polar surface area (TPSA) is 38.3 Å². The third-order valence-corrected chi connectivity index (χ3v) is 1.56. The van der Waals surface area contributed by atoms with Gasteiger partial charge in [-0.1, -0.05) is 0 Å². The van der Waals surface area contributed by atoms with E-state index in [1.54, 1.807) is 6.07 Å². The summed E-state index contributed by atoms with van der Waals surface area (Å²) in [7, 11) is 0. The van der Waals surface area contributed by atoms with Crippen molar-refractivity contribution in [1.29, 1.82) is 0 Å². The molecule has 1 N–H and O–H groups in total. The first-order valence-corrected chi connectivity index (χ1v) is 4.33. The smallest absolute Gasteiger partial charge is 0.221 e. The number of ether oxygens (including phenoxy) is 1. The van der Waals surface area contributed by atoms with Gasteiger partial charge in [-0.2, -0.15) is 0 Å². The van der Waals surface area contributed by atoms with Gasteiger partial charge in [0.05, 0.1) is 12.3 Å². The van der Waals surface area contributed by atoms with Gasteiger partial charge in [-0.25, -0.2) is 4.39 Å². The van der Waals surface area contributed by atoms with E-state index in [4.69, 9.17) is 4.74 Å². The van der Waals surface area contributed by atoms with E-state index in [9.17, 15) is 9.18 Å². The number of amides is 1. The standard InChI is InChI=1S/C10H12FNO2/c1-3-14-8-4-5-10(9(11)6-8)12-7(2)13/h4-6H,3H2,1-2H3,(H,12,13). The average Bonchev–Trinajstić information content (AvgIpc) is 2.10. The maximum absolute atomic E-state index is 13.2. The zero-order valence-electron chi connectivity index (χ0n) is 8.13. The van der Waals surface area contributed by atoms with E-state index in [1.165, 1.54) is 19.1 Å². The minimum absolute atomic E-state index is 0.168. The molecule has 0 aromatic heterocycles. The Bertz CT molecular complexity index is 339. The van der Waals surface area contributed by atoms with Gasteiger partial charge in [-0.3, -0.25) is 4.79 Å². The molecule has 1 aromatic carbocycles. The first kappa shape index (κ1) is 10.5. The Labute approximate surface area is 81.9 Å². The first-order valence-electron chi connectivity index (χ1n) is 4.33. The zero-order chi connectivity index (χ0) is 10.6. The monoisotopic (exact) mass is 197 g/mol. The lowest BCUT2D eigenvalue weighted by molar-refractivity contribution is -0.114. The van der Waals surface area contributed by atoms with Crippen molar-refractivity contribution < 1.29 is 13.9 Å². The number of carbonyl (C=O) groups is 1. The molecule has 0 saturated carbocycles. The fourth-order valence-corrected chi connectivity index (χ4v) is 1.04. The van der Waals surface area contributed by atoms with Gasteiger partial charge in [0.1, 0.15) is 11.6 Å². The van der Waals surface area contributed by atoms with Crippen molar-refractivity contribution in [2.24, 2.45) is 0 Å². The Hall–Kier alpha value is -1.58. The molecule has 0 aliphatic carbocycles. The quantitative estimate of drug-likeness (QED) is 0.806. The zero-order valence-corrected chi connectivity index (χ0v) is 8.13. The maximum atomic E-state index is 13.2. The molecular weight excluding hydrogens is 185 g/mol. The number of carbonyl (C=O) groups excluding carboxylic acids is 1. The SMILES string of the molecule is CCOc1ccc(NC(C)=O)c(F)c1. The van der Waals surface area contributed by atoms with Crippen LogP contribution in [0.5, 0.6) is 5.75 Å². The lowest BCUT2D eigenvalue weighted by atomic mass is 10.3. The second-order valence-corrected chi connectivity index (χ2v) is 2.76. The van der Waals surface area contributed by atoms with Crippen molar-refractivity contribution in [2.45, 2.75) is 13.8 Å². The second-order valence-electron chi connectivity index (χ2n) is 2.76. The molecule has 0 saturated heterocycles. The van der Waals surface area contributed by atoms with E-state index in [1.807, 2.05) is 6.92 Å². The van der Waals surface area contributed by atoms with E-state index in [0.717, 1.165) is 0 Å². The molecule has 0 unspecified atom stereocenters. The molecule has 76 valence electrons. The van der Waals surface area contributed by atoms with Crippen LogP contribution in [0.4, 0.5) is 10.1 Å². The van der Waals surface area contributed by atoms with Crippen LogP contribution in [0.1, 0.15) is 13.8 Å². The Morgan fingerprint density at radius 1 is 1.57 bits per heavy atom. The van der Waals surface area contributed by atoms with Crippen LogP contribution in [0.15, 0.2) is 18.2 Å². The van der Waals surface area contributed by atoms with Crippen LogP contribution in [-0.2, 0) is 4.79 Å².